The van der Waals surface area contributed by atoms with Crippen LogP contribution in [-0.4, -0.2) is 69.9 Å². The van der Waals surface area contributed by atoms with Gasteiger partial charge in [0.15, 0.2) is 0 Å². The Morgan fingerprint density at radius 1 is 1.19 bits per heavy atom. The Kier molecular flexibility index (Phi) is 7.67. The van der Waals surface area contributed by atoms with E-state index >= 15 is 4.39 Å². The van der Waals surface area contributed by atoms with Gasteiger partial charge < -0.3 is 24.6 Å². The van der Waals surface area contributed by atoms with Gasteiger partial charge in [-0.1, -0.05) is 0 Å². The molecule has 1 amide bonds. The van der Waals surface area contributed by atoms with Crippen molar-refractivity contribution in [1.29, 1.82) is 0 Å². The van der Waals surface area contributed by atoms with Crippen molar-refractivity contribution in [2.75, 3.05) is 64.3 Å². The number of rotatable bonds is 8. The minimum atomic E-state index is -0.416. The van der Waals surface area contributed by atoms with Gasteiger partial charge in [-0.15, -0.1) is 0 Å². The predicted molar refractivity (Wildman–Crippen MR) is 122 cm³/mol. The van der Waals surface area contributed by atoms with Gasteiger partial charge in [-0.3, -0.25) is 9.59 Å². The second-order valence-corrected chi connectivity index (χ2v) is 8.39. The predicted octanol–water partition coefficient (Wildman–Crippen LogP) is -0.850. The van der Waals surface area contributed by atoms with Crippen molar-refractivity contribution in [2.24, 2.45) is 0 Å². The lowest BCUT2D eigenvalue weighted by molar-refractivity contribution is -0.895. The van der Waals surface area contributed by atoms with Crippen molar-refractivity contribution < 1.29 is 19.0 Å². The van der Waals surface area contributed by atoms with Crippen LogP contribution in [0.2, 0.25) is 0 Å². The Labute approximate surface area is 183 Å². The van der Waals surface area contributed by atoms with Crippen LogP contribution >= 0.6 is 0 Å². The summed E-state index contributed by atoms with van der Waals surface area (Å²) in [5, 5.41) is 3.11. The van der Waals surface area contributed by atoms with Crippen LogP contribution < -0.4 is 25.4 Å². The topological polar surface area (TPSA) is 63.2 Å². The smallest absolute Gasteiger partial charge is 0.256 e. The number of quaternary nitrogens is 2. The molecule has 170 valence electrons. The second-order valence-electron chi connectivity index (χ2n) is 8.39. The van der Waals surface area contributed by atoms with Crippen LogP contribution in [0.3, 0.4) is 0 Å². The molecule has 0 saturated carbocycles. The van der Waals surface area contributed by atoms with Gasteiger partial charge in [0.05, 0.1) is 70.6 Å². The molecule has 1 aliphatic heterocycles. The van der Waals surface area contributed by atoms with Crippen LogP contribution in [-0.2, 0) is 6.54 Å². The van der Waals surface area contributed by atoms with Crippen molar-refractivity contribution in [1.82, 2.24) is 9.88 Å². The Morgan fingerprint density at radius 3 is 2.48 bits per heavy atom. The Morgan fingerprint density at radius 2 is 1.87 bits per heavy atom. The van der Waals surface area contributed by atoms with E-state index in [1.54, 1.807) is 12.3 Å². The summed E-state index contributed by atoms with van der Waals surface area (Å²) < 4.78 is 16.9. The number of aryl methyl sites for hydroxylation is 1. The number of carbonyl (C=O) groups excluding carboxylic acids is 1. The highest BCUT2D eigenvalue weighted by atomic mass is 19.1. The molecule has 7 nitrogen and oxygen atoms in total. The van der Waals surface area contributed by atoms with E-state index in [2.05, 4.69) is 26.2 Å². The second kappa shape index (κ2) is 10.2. The number of carbonyl (C=O) groups is 1. The first-order valence-electron chi connectivity index (χ1n) is 11.4. The number of likely N-dealkylation sites (N-methyl/N-ethyl adjacent to an activating group) is 2. The molecule has 0 spiro atoms. The average Bonchev–Trinajstić information content (AvgIpc) is 2.77. The van der Waals surface area contributed by atoms with Gasteiger partial charge in [0.2, 0.25) is 5.43 Å². The number of hydrogen-bond acceptors (Lipinski definition) is 3. The van der Waals surface area contributed by atoms with Crippen LogP contribution in [0.4, 0.5) is 10.1 Å². The van der Waals surface area contributed by atoms with Gasteiger partial charge in [0.25, 0.3) is 5.91 Å². The number of pyridine rings is 1. The third kappa shape index (κ3) is 5.07. The average molecular weight is 434 g/mol. The summed E-state index contributed by atoms with van der Waals surface area (Å²) in [5.41, 5.74) is 0.847. The Hall–Kier alpha value is -2.45. The maximum atomic E-state index is 15.0. The number of hydrogen-bond donors (Lipinski definition) is 3. The molecule has 2 aromatic rings. The summed E-state index contributed by atoms with van der Waals surface area (Å²) >= 11 is 0. The van der Waals surface area contributed by atoms with Gasteiger partial charge in [-0.2, -0.15) is 0 Å². The van der Waals surface area contributed by atoms with E-state index in [1.807, 2.05) is 16.4 Å². The van der Waals surface area contributed by atoms with Gasteiger partial charge in [-0.25, -0.2) is 4.39 Å². The van der Waals surface area contributed by atoms with Crippen molar-refractivity contribution in [3.8, 4) is 0 Å². The highest BCUT2D eigenvalue weighted by molar-refractivity contribution is 5.97. The van der Waals surface area contributed by atoms with Gasteiger partial charge in [-0.05, 0) is 32.9 Å². The summed E-state index contributed by atoms with van der Waals surface area (Å²) in [7, 11) is 2.14. The summed E-state index contributed by atoms with van der Waals surface area (Å²) in [6, 6.07) is 3.07. The SMILES string of the molecule is CCn1cc(C(=O)NCC[NH+](CC)CC)c(=O)c2cc(F)c(N3CC[NH+](C)CC3)cc21. The molecule has 0 bridgehead atoms. The number of benzene rings is 1. The van der Waals surface area contributed by atoms with Crippen LogP contribution in [0.25, 0.3) is 10.9 Å². The zero-order chi connectivity index (χ0) is 22.5. The zero-order valence-corrected chi connectivity index (χ0v) is 19.2. The van der Waals surface area contributed by atoms with Crippen molar-refractivity contribution in [2.45, 2.75) is 27.3 Å². The lowest BCUT2D eigenvalue weighted by Crippen LogP contribution is -3.12. The van der Waals surface area contributed by atoms with E-state index in [4.69, 9.17) is 0 Å². The molecule has 1 saturated heterocycles. The number of piperazine rings is 1. The normalized spacial score (nSPS) is 15.1. The third-order valence-corrected chi connectivity index (χ3v) is 6.46. The number of halogens is 1. The van der Waals surface area contributed by atoms with Crippen molar-refractivity contribution >= 4 is 22.5 Å². The monoisotopic (exact) mass is 433 g/mol. The number of nitrogens with zero attached hydrogens (tertiary/aromatic N) is 2. The van der Waals surface area contributed by atoms with Crippen LogP contribution in [0.15, 0.2) is 23.1 Å². The van der Waals surface area contributed by atoms with E-state index in [9.17, 15) is 9.59 Å². The lowest BCUT2D eigenvalue weighted by Gasteiger charge is -2.32. The number of fused-ring (bicyclic) bond motifs is 1. The molecule has 1 aliphatic rings. The molecule has 31 heavy (non-hydrogen) atoms. The lowest BCUT2D eigenvalue weighted by atomic mass is 10.1. The minimum absolute atomic E-state index is 0.0687. The molecule has 0 atom stereocenters. The largest absolute Gasteiger partial charge is 0.358 e. The molecule has 0 unspecified atom stereocenters. The van der Waals surface area contributed by atoms with Crippen LogP contribution in [0.1, 0.15) is 31.1 Å². The van der Waals surface area contributed by atoms with Gasteiger partial charge >= 0.3 is 0 Å². The number of anilines is 1. The van der Waals surface area contributed by atoms with E-state index in [-0.39, 0.29) is 10.9 Å². The van der Waals surface area contributed by atoms with E-state index in [0.717, 1.165) is 45.8 Å². The molecular formula is C23H36FN5O2+2. The number of aromatic nitrogens is 1. The van der Waals surface area contributed by atoms with Crippen molar-refractivity contribution in [3.05, 3.63) is 39.9 Å². The summed E-state index contributed by atoms with van der Waals surface area (Å²) in [4.78, 5) is 30.6. The molecule has 3 rings (SSSR count). The van der Waals surface area contributed by atoms with E-state index in [0.29, 0.717) is 24.3 Å². The third-order valence-electron chi connectivity index (χ3n) is 6.46. The maximum Gasteiger partial charge on any atom is 0.256 e. The number of amides is 1. The first-order valence-corrected chi connectivity index (χ1v) is 11.4. The minimum Gasteiger partial charge on any atom is -0.358 e. The van der Waals surface area contributed by atoms with Crippen molar-refractivity contribution in [3.63, 3.8) is 0 Å². The van der Waals surface area contributed by atoms with Crippen LogP contribution in [0, 0.1) is 5.82 Å². The molecular weight excluding hydrogens is 397 g/mol. The molecule has 1 fully saturated rings. The fourth-order valence-corrected chi connectivity index (χ4v) is 4.25. The molecule has 1 aromatic heterocycles. The summed E-state index contributed by atoms with van der Waals surface area (Å²) in [5.74, 6) is -0.804. The molecule has 0 radical (unpaired) electrons. The fourth-order valence-electron chi connectivity index (χ4n) is 4.25. The standard InChI is InChI=1S/C23H34FN5O2/c1-5-27(6-2)9-8-25-23(31)18-16-28(7-3)20-15-21(19(24)14-17(20)22(18)30)29-12-10-26(4)11-13-29/h14-16H,5-13H2,1-4H3,(H,25,31)/p+2. The highest BCUT2D eigenvalue weighted by Crippen LogP contribution is 2.25. The summed E-state index contributed by atoms with van der Waals surface area (Å²) in [6.45, 7) is 13.5. The van der Waals surface area contributed by atoms with E-state index in [1.165, 1.54) is 15.9 Å². The Bertz CT molecular complexity index is 978. The molecule has 8 heteroatoms. The van der Waals surface area contributed by atoms with Gasteiger partial charge in [0, 0.05) is 18.1 Å². The van der Waals surface area contributed by atoms with Crippen LogP contribution in [0.5, 0.6) is 0 Å². The zero-order valence-electron chi connectivity index (χ0n) is 19.2. The first-order chi connectivity index (χ1) is 14.9. The van der Waals surface area contributed by atoms with Gasteiger partial charge in [0.1, 0.15) is 11.4 Å². The molecule has 3 N–H and O–H groups in total. The quantitative estimate of drug-likeness (QED) is 0.508. The maximum absolute atomic E-state index is 15.0. The molecule has 0 aliphatic carbocycles. The fraction of sp³-hybridized carbons (Fsp3) is 0.565. The first kappa shape index (κ1) is 23.2. The molecule has 2 heterocycles. The number of nitrogens with one attached hydrogen (secondary N) is 3. The van der Waals surface area contributed by atoms with E-state index < -0.39 is 17.2 Å². The highest BCUT2D eigenvalue weighted by Gasteiger charge is 2.22. The summed E-state index contributed by atoms with van der Waals surface area (Å²) in [6.07, 6.45) is 1.61. The Balaban J connectivity index is 1.92. The molecule has 1 aromatic carbocycles.